The monoisotopic (exact) mass is 274 g/mol. The first-order valence-electron chi connectivity index (χ1n) is 5.99. The predicted octanol–water partition coefficient (Wildman–Crippen LogP) is 2.50. The zero-order valence-electron chi connectivity index (χ0n) is 10.7. The highest BCUT2D eigenvalue weighted by molar-refractivity contribution is 6.04. The second-order valence-corrected chi connectivity index (χ2v) is 4.49. The summed E-state index contributed by atoms with van der Waals surface area (Å²) in [6, 6.07) is 9.84. The summed E-state index contributed by atoms with van der Waals surface area (Å²) in [6.07, 6.45) is 0. The second-order valence-electron chi connectivity index (χ2n) is 4.49. The molecule has 0 bridgehead atoms. The van der Waals surface area contributed by atoms with E-state index < -0.39 is 34.7 Å². The maximum Gasteiger partial charge on any atom is 0.205 e. The Labute approximate surface area is 115 Å². The van der Waals surface area contributed by atoms with Crippen LogP contribution >= 0.6 is 0 Å². The Bertz CT molecular complexity index is 649. The van der Waals surface area contributed by atoms with Gasteiger partial charge in [-0.05, 0) is 11.6 Å². The molecule has 0 saturated heterocycles. The number of carbonyl (C=O) groups is 1. The molecule has 5 heteroatoms. The van der Waals surface area contributed by atoms with E-state index in [1.807, 2.05) is 6.07 Å². The van der Waals surface area contributed by atoms with Crippen molar-refractivity contribution in [3.8, 4) is 23.0 Å². The van der Waals surface area contributed by atoms with Crippen molar-refractivity contribution in [2.75, 3.05) is 0 Å². The second kappa shape index (κ2) is 5.13. The molecule has 0 saturated carbocycles. The highest BCUT2D eigenvalue weighted by atomic mass is 16.3. The van der Waals surface area contributed by atoms with Gasteiger partial charge in [-0.1, -0.05) is 37.3 Å². The molecular weight excluding hydrogens is 260 g/mol. The van der Waals surface area contributed by atoms with Crippen LogP contribution in [-0.2, 0) is 0 Å². The van der Waals surface area contributed by atoms with E-state index in [0.717, 1.165) is 11.6 Å². The molecule has 0 fully saturated rings. The van der Waals surface area contributed by atoms with Crippen LogP contribution in [-0.4, -0.2) is 26.2 Å². The fraction of sp³-hybridized carbons (Fsp3) is 0.133. The number of hydrogen-bond acceptors (Lipinski definition) is 5. The van der Waals surface area contributed by atoms with E-state index in [1.165, 1.54) is 0 Å². The Morgan fingerprint density at radius 2 is 1.55 bits per heavy atom. The van der Waals surface area contributed by atoms with E-state index in [1.54, 1.807) is 31.2 Å². The SMILES string of the molecule is CC(C(=O)c1cc(O)c(O)c(O)c1O)c1ccccc1. The van der Waals surface area contributed by atoms with Gasteiger partial charge in [-0.2, -0.15) is 0 Å². The molecule has 2 rings (SSSR count). The quantitative estimate of drug-likeness (QED) is 0.391. The van der Waals surface area contributed by atoms with Crippen LogP contribution in [0.15, 0.2) is 36.4 Å². The fourth-order valence-electron chi connectivity index (χ4n) is 1.95. The number of phenolic OH excluding ortho intramolecular Hbond substituents is 4. The molecule has 1 unspecified atom stereocenters. The third-order valence-electron chi connectivity index (χ3n) is 3.19. The van der Waals surface area contributed by atoms with Crippen LogP contribution in [0, 0.1) is 0 Å². The normalized spacial score (nSPS) is 12.1. The van der Waals surface area contributed by atoms with Gasteiger partial charge < -0.3 is 20.4 Å². The largest absolute Gasteiger partial charge is 0.504 e. The van der Waals surface area contributed by atoms with Gasteiger partial charge in [-0.25, -0.2) is 0 Å². The summed E-state index contributed by atoms with van der Waals surface area (Å²) in [4.78, 5) is 12.3. The summed E-state index contributed by atoms with van der Waals surface area (Å²) >= 11 is 0. The minimum Gasteiger partial charge on any atom is -0.504 e. The van der Waals surface area contributed by atoms with Crippen LogP contribution in [0.3, 0.4) is 0 Å². The first-order valence-corrected chi connectivity index (χ1v) is 5.99. The lowest BCUT2D eigenvalue weighted by molar-refractivity contribution is 0.0962. The van der Waals surface area contributed by atoms with Crippen molar-refractivity contribution in [1.29, 1.82) is 0 Å². The van der Waals surface area contributed by atoms with Gasteiger partial charge in [0.2, 0.25) is 11.5 Å². The standard InChI is InChI=1S/C15H14O5/c1-8(9-5-3-2-4-6-9)12(17)10-7-11(16)14(19)15(20)13(10)18/h2-8,16,18-20H,1H3. The smallest absolute Gasteiger partial charge is 0.205 e. The summed E-state index contributed by atoms with van der Waals surface area (Å²) in [7, 11) is 0. The van der Waals surface area contributed by atoms with Crippen LogP contribution in [0.4, 0.5) is 0 Å². The summed E-state index contributed by atoms with van der Waals surface area (Å²) < 4.78 is 0. The lowest BCUT2D eigenvalue weighted by atomic mass is 9.91. The highest BCUT2D eigenvalue weighted by Gasteiger charge is 2.25. The molecule has 0 radical (unpaired) electrons. The molecule has 0 amide bonds. The summed E-state index contributed by atoms with van der Waals surface area (Å²) in [5.74, 6) is -4.21. The van der Waals surface area contributed by atoms with E-state index in [0.29, 0.717) is 0 Å². The fourth-order valence-corrected chi connectivity index (χ4v) is 1.95. The number of carbonyl (C=O) groups excluding carboxylic acids is 1. The Morgan fingerprint density at radius 3 is 2.15 bits per heavy atom. The molecule has 0 heterocycles. The van der Waals surface area contributed by atoms with Gasteiger partial charge in [-0.15, -0.1) is 0 Å². The average Bonchev–Trinajstić information content (AvgIpc) is 2.48. The number of phenols is 4. The van der Waals surface area contributed by atoms with Crippen LogP contribution in [0.25, 0.3) is 0 Å². The average molecular weight is 274 g/mol. The van der Waals surface area contributed by atoms with Crippen molar-refractivity contribution in [2.45, 2.75) is 12.8 Å². The van der Waals surface area contributed by atoms with Gasteiger partial charge >= 0.3 is 0 Å². The van der Waals surface area contributed by atoms with E-state index in [-0.39, 0.29) is 5.56 Å². The minimum absolute atomic E-state index is 0.242. The molecule has 0 aliphatic rings. The molecule has 0 spiro atoms. The van der Waals surface area contributed by atoms with Crippen LogP contribution < -0.4 is 0 Å². The number of ketones is 1. The number of hydrogen-bond donors (Lipinski definition) is 4. The number of rotatable bonds is 3. The summed E-state index contributed by atoms with van der Waals surface area (Å²) in [6.45, 7) is 1.65. The highest BCUT2D eigenvalue weighted by Crippen LogP contribution is 2.44. The van der Waals surface area contributed by atoms with Crippen molar-refractivity contribution in [3.63, 3.8) is 0 Å². The van der Waals surface area contributed by atoms with E-state index in [2.05, 4.69) is 0 Å². The number of aromatic hydroxyl groups is 4. The lowest BCUT2D eigenvalue weighted by Gasteiger charge is -2.13. The maximum absolute atomic E-state index is 12.3. The summed E-state index contributed by atoms with van der Waals surface area (Å²) in [5.41, 5.74) is 0.498. The first kappa shape index (κ1) is 13.7. The van der Waals surface area contributed by atoms with Crippen LogP contribution in [0.1, 0.15) is 28.8 Å². The Morgan fingerprint density at radius 1 is 0.950 bits per heavy atom. The minimum atomic E-state index is -0.909. The van der Waals surface area contributed by atoms with Crippen LogP contribution in [0.2, 0.25) is 0 Å². The van der Waals surface area contributed by atoms with Crippen molar-refractivity contribution < 1.29 is 25.2 Å². The van der Waals surface area contributed by atoms with Gasteiger partial charge in [0, 0.05) is 5.92 Å². The molecule has 0 aliphatic heterocycles. The predicted molar refractivity (Wildman–Crippen MR) is 72.3 cm³/mol. The zero-order valence-corrected chi connectivity index (χ0v) is 10.7. The summed E-state index contributed by atoms with van der Waals surface area (Å²) in [5, 5.41) is 37.9. The Hall–Kier alpha value is -2.69. The van der Waals surface area contributed by atoms with Crippen molar-refractivity contribution in [2.24, 2.45) is 0 Å². The van der Waals surface area contributed by atoms with Gasteiger partial charge in [-0.3, -0.25) is 4.79 Å². The van der Waals surface area contributed by atoms with Crippen molar-refractivity contribution in [1.82, 2.24) is 0 Å². The molecule has 0 aliphatic carbocycles. The molecule has 20 heavy (non-hydrogen) atoms. The topological polar surface area (TPSA) is 98.0 Å². The Balaban J connectivity index is 2.45. The molecule has 2 aromatic carbocycles. The first-order chi connectivity index (χ1) is 9.43. The van der Waals surface area contributed by atoms with Gasteiger partial charge in [0.1, 0.15) is 0 Å². The van der Waals surface area contributed by atoms with E-state index in [9.17, 15) is 25.2 Å². The van der Waals surface area contributed by atoms with Crippen molar-refractivity contribution >= 4 is 5.78 Å². The number of Topliss-reactive ketones (excluding diaryl/α,β-unsaturated/α-hetero) is 1. The molecule has 104 valence electrons. The maximum atomic E-state index is 12.3. The molecule has 5 nitrogen and oxygen atoms in total. The molecule has 4 N–H and O–H groups in total. The van der Waals surface area contributed by atoms with E-state index in [4.69, 9.17) is 0 Å². The third-order valence-corrected chi connectivity index (χ3v) is 3.19. The Kier molecular flexibility index (Phi) is 3.52. The van der Waals surface area contributed by atoms with Crippen molar-refractivity contribution in [3.05, 3.63) is 47.5 Å². The number of benzene rings is 2. The molecule has 1 atom stereocenters. The third kappa shape index (κ3) is 2.25. The molecule has 2 aromatic rings. The van der Waals surface area contributed by atoms with E-state index >= 15 is 0 Å². The molecule has 0 aromatic heterocycles. The van der Waals surface area contributed by atoms with Crippen LogP contribution in [0.5, 0.6) is 23.0 Å². The lowest BCUT2D eigenvalue weighted by Crippen LogP contribution is -2.09. The van der Waals surface area contributed by atoms with Gasteiger partial charge in [0.15, 0.2) is 17.3 Å². The molecular formula is C15H14O5. The van der Waals surface area contributed by atoms with Gasteiger partial charge in [0.25, 0.3) is 0 Å². The van der Waals surface area contributed by atoms with Gasteiger partial charge in [0.05, 0.1) is 5.56 Å². The zero-order chi connectivity index (χ0) is 14.9.